The number of carbonyl (C=O) groups excluding carboxylic acids is 1. The Hall–Kier alpha value is -1.14. The van der Waals surface area contributed by atoms with Crippen LogP contribution in [-0.2, 0) is 10.0 Å². The maximum Gasteiger partial charge on any atom is 0.240 e. The van der Waals surface area contributed by atoms with E-state index in [9.17, 15) is 13.2 Å². The van der Waals surface area contributed by atoms with Crippen LogP contribution in [0, 0.1) is 0 Å². The number of Topliss-reactive ketones (excluding diaryl/α,β-unsaturated/α-hetero) is 1. The van der Waals surface area contributed by atoms with E-state index < -0.39 is 10.0 Å². The molecule has 1 saturated carbocycles. The van der Waals surface area contributed by atoms with Gasteiger partial charge in [-0.1, -0.05) is 31.4 Å². The second kappa shape index (κ2) is 6.54. The van der Waals surface area contributed by atoms with Gasteiger partial charge in [0.1, 0.15) is 0 Å². The smallest absolute Gasteiger partial charge is 0.240 e. The van der Waals surface area contributed by atoms with E-state index in [2.05, 4.69) is 4.72 Å². The third kappa shape index (κ3) is 3.70. The summed E-state index contributed by atoms with van der Waals surface area (Å²) in [5, 5.41) is 0. The predicted molar refractivity (Wildman–Crippen MR) is 78.5 cm³/mol. The van der Waals surface area contributed by atoms with Gasteiger partial charge in [-0.2, -0.15) is 0 Å². The van der Waals surface area contributed by atoms with E-state index >= 15 is 0 Å². The fourth-order valence-corrected chi connectivity index (χ4v) is 3.75. The number of hydrogen-bond acceptors (Lipinski definition) is 3. The monoisotopic (exact) mass is 291 g/mol. The van der Waals surface area contributed by atoms with E-state index in [1.54, 1.807) is 0 Å². The van der Waals surface area contributed by atoms with Gasteiger partial charge < -0.3 is 0 Å². The highest BCUT2D eigenvalue weighted by atomic mass is 32.2. The van der Waals surface area contributed by atoms with Crippen molar-refractivity contribution >= 4 is 23.7 Å². The summed E-state index contributed by atoms with van der Waals surface area (Å²) in [6.07, 6.45) is 5.01. The summed E-state index contributed by atoms with van der Waals surface area (Å²) in [5.74, 6) is -0.200. The number of benzene rings is 1. The van der Waals surface area contributed by atoms with Crippen LogP contribution in [0.1, 0.15) is 42.5 Å². The summed E-state index contributed by atoms with van der Waals surface area (Å²) in [6.45, 7) is 0. The Morgan fingerprint density at radius 2 is 1.75 bits per heavy atom. The van der Waals surface area contributed by atoms with Crippen LogP contribution < -0.4 is 4.72 Å². The first-order valence-corrected chi connectivity index (χ1v) is 8.37. The van der Waals surface area contributed by atoms with Gasteiger partial charge in [-0.15, -0.1) is 0 Å². The van der Waals surface area contributed by atoms with Crippen molar-refractivity contribution in [2.24, 2.45) is 0 Å². The van der Waals surface area contributed by atoms with E-state index in [0.29, 0.717) is 5.56 Å². The number of carbonyl (C=O) groups is 1. The van der Waals surface area contributed by atoms with E-state index in [-0.39, 0.29) is 23.0 Å². The summed E-state index contributed by atoms with van der Waals surface area (Å²) in [5.41, 5.74) is 0.434. The number of nitrogens with one attached hydrogen (secondary N) is 1. The van der Waals surface area contributed by atoms with Crippen LogP contribution in [0.2, 0.25) is 6.32 Å². The third-order valence-electron chi connectivity index (χ3n) is 3.60. The first kappa shape index (κ1) is 15.3. The highest BCUT2D eigenvalue weighted by Crippen LogP contribution is 2.20. The average molecular weight is 291 g/mol. The van der Waals surface area contributed by atoms with E-state index in [1.807, 2.05) is 0 Å². The minimum atomic E-state index is -3.50. The standard InChI is InChI=1S/C14H18BNO3S/c15-10-14(17)11-6-8-13(9-7-11)20(18,19)16-12-4-2-1-3-5-12/h6-9,12,16H,1-5,10H2. The Bertz CT molecular complexity index is 563. The SMILES string of the molecule is [B]CC(=O)c1ccc(S(=O)(=O)NC2CCCCC2)cc1. The molecule has 1 N–H and O–H groups in total. The summed E-state index contributed by atoms with van der Waals surface area (Å²) >= 11 is 0. The molecule has 0 spiro atoms. The predicted octanol–water partition coefficient (Wildman–Crippen LogP) is 2.07. The van der Waals surface area contributed by atoms with Crippen molar-refractivity contribution in [2.45, 2.75) is 49.4 Å². The summed E-state index contributed by atoms with van der Waals surface area (Å²) < 4.78 is 27.2. The molecule has 2 rings (SSSR count). The molecule has 1 aromatic carbocycles. The van der Waals surface area contributed by atoms with Crippen molar-refractivity contribution < 1.29 is 13.2 Å². The van der Waals surface area contributed by atoms with Gasteiger partial charge in [-0.25, -0.2) is 13.1 Å². The van der Waals surface area contributed by atoms with Crippen molar-refractivity contribution in [1.29, 1.82) is 0 Å². The maximum atomic E-state index is 12.2. The van der Waals surface area contributed by atoms with Gasteiger partial charge >= 0.3 is 0 Å². The van der Waals surface area contributed by atoms with Crippen LogP contribution in [0.5, 0.6) is 0 Å². The van der Waals surface area contributed by atoms with E-state index in [1.165, 1.54) is 30.7 Å². The van der Waals surface area contributed by atoms with E-state index in [0.717, 1.165) is 25.7 Å². The Labute approximate surface area is 121 Å². The molecule has 1 aliphatic rings. The Morgan fingerprint density at radius 3 is 2.30 bits per heavy atom. The third-order valence-corrected chi connectivity index (χ3v) is 5.14. The van der Waals surface area contributed by atoms with Gasteiger partial charge in [0, 0.05) is 11.6 Å². The highest BCUT2D eigenvalue weighted by Gasteiger charge is 2.21. The first-order chi connectivity index (χ1) is 9.53. The molecule has 6 heteroatoms. The molecule has 0 aromatic heterocycles. The quantitative estimate of drug-likeness (QED) is 0.667. The van der Waals surface area contributed by atoms with Gasteiger partial charge in [0.15, 0.2) is 5.78 Å². The molecule has 0 aliphatic heterocycles. The molecule has 20 heavy (non-hydrogen) atoms. The Kier molecular flexibility index (Phi) is 4.99. The van der Waals surface area contributed by atoms with E-state index in [4.69, 9.17) is 7.85 Å². The number of rotatable bonds is 5. The minimum Gasteiger partial charge on any atom is -0.295 e. The van der Waals surface area contributed by atoms with Crippen LogP contribution in [0.3, 0.4) is 0 Å². The van der Waals surface area contributed by atoms with Crippen molar-refractivity contribution in [3.63, 3.8) is 0 Å². The summed E-state index contributed by atoms with van der Waals surface area (Å²) in [4.78, 5) is 11.6. The van der Waals surface area contributed by atoms with Crippen LogP contribution >= 0.6 is 0 Å². The topological polar surface area (TPSA) is 63.2 Å². The zero-order valence-electron chi connectivity index (χ0n) is 11.3. The molecule has 1 aliphatic carbocycles. The van der Waals surface area contributed by atoms with Crippen molar-refractivity contribution in [1.82, 2.24) is 4.72 Å². The molecule has 1 aromatic rings. The normalized spacial score (nSPS) is 17.0. The molecule has 0 unspecified atom stereocenters. The van der Waals surface area contributed by atoms with Crippen LogP contribution in [0.25, 0.3) is 0 Å². The van der Waals surface area contributed by atoms with Crippen LogP contribution in [-0.4, -0.2) is 28.1 Å². The average Bonchev–Trinajstić information content (AvgIpc) is 2.47. The van der Waals surface area contributed by atoms with Crippen LogP contribution in [0.15, 0.2) is 29.2 Å². The second-order valence-corrected chi connectivity index (χ2v) is 6.82. The van der Waals surface area contributed by atoms with Gasteiger partial charge in [0.2, 0.25) is 10.0 Å². The highest BCUT2D eigenvalue weighted by molar-refractivity contribution is 7.89. The molecule has 0 atom stereocenters. The molecule has 0 bridgehead atoms. The Morgan fingerprint density at radius 1 is 1.15 bits per heavy atom. The number of hydrogen-bond donors (Lipinski definition) is 1. The summed E-state index contributed by atoms with van der Waals surface area (Å²) in [6, 6.07) is 5.94. The molecule has 106 valence electrons. The first-order valence-electron chi connectivity index (χ1n) is 6.88. The fraction of sp³-hybridized carbons (Fsp3) is 0.500. The summed E-state index contributed by atoms with van der Waals surface area (Å²) in [7, 11) is 1.77. The maximum absolute atomic E-state index is 12.2. The van der Waals surface area contributed by atoms with Crippen molar-refractivity contribution in [3.8, 4) is 0 Å². The van der Waals surface area contributed by atoms with Gasteiger partial charge in [-0.05, 0) is 31.3 Å². The lowest BCUT2D eigenvalue weighted by Crippen LogP contribution is -2.36. The molecule has 1 fully saturated rings. The molecular weight excluding hydrogens is 273 g/mol. The molecule has 4 nitrogen and oxygen atoms in total. The molecule has 0 amide bonds. The molecular formula is C14H18BNO3S. The van der Waals surface area contributed by atoms with Gasteiger partial charge in [0.25, 0.3) is 0 Å². The van der Waals surface area contributed by atoms with Crippen LogP contribution in [0.4, 0.5) is 0 Å². The lowest BCUT2D eigenvalue weighted by molar-refractivity contribution is 0.101. The lowest BCUT2D eigenvalue weighted by atomic mass is 9.96. The zero-order valence-corrected chi connectivity index (χ0v) is 12.2. The molecule has 2 radical (unpaired) electrons. The molecule has 0 saturated heterocycles. The Balaban J connectivity index is 2.10. The largest absolute Gasteiger partial charge is 0.295 e. The second-order valence-electron chi connectivity index (χ2n) is 5.11. The minimum absolute atomic E-state index is 0.0269. The lowest BCUT2D eigenvalue weighted by Gasteiger charge is -2.22. The number of sulfonamides is 1. The zero-order chi connectivity index (χ0) is 14.6. The van der Waals surface area contributed by atoms with Gasteiger partial charge in [-0.3, -0.25) is 4.79 Å². The van der Waals surface area contributed by atoms with Crippen molar-refractivity contribution in [2.75, 3.05) is 0 Å². The molecule has 0 heterocycles. The number of ketones is 1. The fourth-order valence-electron chi connectivity index (χ4n) is 2.45. The van der Waals surface area contributed by atoms with Gasteiger partial charge in [0.05, 0.1) is 12.7 Å². The van der Waals surface area contributed by atoms with Crippen molar-refractivity contribution in [3.05, 3.63) is 29.8 Å².